The molecule has 0 bridgehead atoms. The van der Waals surface area contributed by atoms with E-state index >= 15 is 0 Å². The number of hydrogen-bond acceptors (Lipinski definition) is 6. The Hall–Kier alpha value is -3.77. The van der Waals surface area contributed by atoms with Gasteiger partial charge in [-0.15, -0.1) is 0 Å². The van der Waals surface area contributed by atoms with Crippen molar-refractivity contribution in [1.82, 2.24) is 10.0 Å². The highest BCUT2D eigenvalue weighted by molar-refractivity contribution is 7.92. The van der Waals surface area contributed by atoms with Crippen LogP contribution in [-0.4, -0.2) is 40.6 Å². The zero-order valence-electron chi connectivity index (χ0n) is 21.7. The minimum absolute atomic E-state index is 0.0718. The number of nitrogens with one attached hydrogen (secondary N) is 2. The Morgan fingerprint density at radius 1 is 0.975 bits per heavy atom. The number of aliphatic hydroxyl groups is 1. The second kappa shape index (κ2) is 11.0. The van der Waals surface area contributed by atoms with Gasteiger partial charge in [0.2, 0.25) is 26.0 Å². The van der Waals surface area contributed by atoms with Gasteiger partial charge in [0.1, 0.15) is 0 Å². The number of hydrogen-bond donors (Lipinski definition) is 3. The number of fused-ring (bicyclic) bond motifs is 2. The largest absolute Gasteiger partial charge is 0.392 e. The maximum absolute atomic E-state index is 13.4. The van der Waals surface area contributed by atoms with Gasteiger partial charge < -0.3 is 10.4 Å². The SMILES string of the molecule is CN1c2cc(CO)ccc2C(NC(=O)CC(NS(=O)(=O)c2ccc3ccccc3c2)c2ccccc2)CS1(=O)=O. The highest BCUT2D eigenvalue weighted by atomic mass is 32.2. The molecule has 4 aromatic rings. The molecule has 0 saturated carbocycles. The lowest BCUT2D eigenvalue weighted by atomic mass is 10.0. The lowest BCUT2D eigenvalue weighted by molar-refractivity contribution is -0.122. The third-order valence-electron chi connectivity index (χ3n) is 7.04. The van der Waals surface area contributed by atoms with Crippen LogP contribution in [0.4, 0.5) is 5.69 Å². The molecule has 1 aliphatic heterocycles. The third kappa shape index (κ3) is 5.73. The van der Waals surface area contributed by atoms with E-state index in [4.69, 9.17) is 0 Å². The molecule has 0 spiro atoms. The predicted octanol–water partition coefficient (Wildman–Crippen LogP) is 3.38. The first-order valence-corrected chi connectivity index (χ1v) is 15.7. The molecular weight excluding hydrogens is 550 g/mol. The van der Waals surface area contributed by atoms with Crippen molar-refractivity contribution in [2.45, 2.75) is 30.0 Å². The van der Waals surface area contributed by atoms with E-state index in [0.717, 1.165) is 15.1 Å². The van der Waals surface area contributed by atoms with Crippen molar-refractivity contribution in [2.75, 3.05) is 17.1 Å². The minimum Gasteiger partial charge on any atom is -0.392 e. The van der Waals surface area contributed by atoms with Crippen LogP contribution in [0.5, 0.6) is 0 Å². The van der Waals surface area contributed by atoms with Gasteiger partial charge in [-0.3, -0.25) is 9.10 Å². The molecular formula is C29H29N3O6S2. The summed E-state index contributed by atoms with van der Waals surface area (Å²) in [6.07, 6.45) is -0.257. The molecule has 4 aromatic carbocycles. The van der Waals surface area contributed by atoms with Crippen LogP contribution in [0.25, 0.3) is 10.8 Å². The summed E-state index contributed by atoms with van der Waals surface area (Å²) < 4.78 is 56.4. The molecule has 2 unspecified atom stereocenters. The first kappa shape index (κ1) is 27.8. The third-order valence-corrected chi connectivity index (χ3v) is 10.3. The average Bonchev–Trinajstić information content (AvgIpc) is 2.95. The summed E-state index contributed by atoms with van der Waals surface area (Å²) in [7, 11) is -6.32. The van der Waals surface area contributed by atoms with Crippen molar-refractivity contribution in [1.29, 1.82) is 0 Å². The summed E-state index contributed by atoms with van der Waals surface area (Å²) in [5.41, 5.74) is 2.10. The van der Waals surface area contributed by atoms with Crippen molar-refractivity contribution < 1.29 is 26.7 Å². The van der Waals surface area contributed by atoms with Crippen LogP contribution in [-0.2, 0) is 31.4 Å². The smallest absolute Gasteiger partial charge is 0.241 e. The van der Waals surface area contributed by atoms with Crippen LogP contribution in [0.3, 0.4) is 0 Å². The van der Waals surface area contributed by atoms with Gasteiger partial charge in [-0.05, 0) is 45.7 Å². The Balaban J connectivity index is 1.41. The van der Waals surface area contributed by atoms with Gasteiger partial charge in [-0.1, -0.05) is 72.8 Å². The standard InChI is InChI=1S/C29H29N3O6S2/c1-32-28-15-20(18-33)11-14-25(28)27(19-39(32,35)36)30-29(34)17-26(22-8-3-2-4-9-22)31-40(37,38)24-13-12-21-7-5-6-10-23(21)16-24/h2-16,26-27,31,33H,17-19H2,1H3,(H,30,34). The maximum Gasteiger partial charge on any atom is 0.241 e. The van der Waals surface area contributed by atoms with Crippen molar-refractivity contribution >= 4 is 42.4 Å². The Morgan fingerprint density at radius 2 is 1.68 bits per heavy atom. The summed E-state index contributed by atoms with van der Waals surface area (Å²) in [6.45, 7) is -0.256. The molecule has 0 fully saturated rings. The minimum atomic E-state index is -4.02. The summed E-state index contributed by atoms with van der Waals surface area (Å²) >= 11 is 0. The molecule has 0 aliphatic carbocycles. The number of nitrogens with zero attached hydrogens (tertiary/aromatic N) is 1. The first-order chi connectivity index (χ1) is 19.1. The lowest BCUT2D eigenvalue weighted by Gasteiger charge is -2.33. The molecule has 40 heavy (non-hydrogen) atoms. The molecule has 0 radical (unpaired) electrons. The van der Waals surface area contributed by atoms with Gasteiger partial charge in [-0.2, -0.15) is 0 Å². The Kier molecular flexibility index (Phi) is 7.65. The number of carbonyl (C=O) groups excluding carboxylic acids is 1. The van der Waals surface area contributed by atoms with Gasteiger partial charge in [0, 0.05) is 13.5 Å². The van der Waals surface area contributed by atoms with Crippen molar-refractivity contribution in [3.8, 4) is 0 Å². The summed E-state index contributed by atoms with van der Waals surface area (Å²) in [5, 5.41) is 14.0. The second-order valence-electron chi connectivity index (χ2n) is 9.72. The van der Waals surface area contributed by atoms with Crippen LogP contribution in [0.1, 0.15) is 35.2 Å². The highest BCUT2D eigenvalue weighted by Gasteiger charge is 2.35. The molecule has 9 nitrogen and oxygen atoms in total. The molecule has 0 saturated heterocycles. The fraction of sp³-hybridized carbons (Fsp3) is 0.207. The lowest BCUT2D eigenvalue weighted by Crippen LogP contribution is -2.44. The number of rotatable bonds is 8. The molecule has 208 valence electrons. The molecule has 1 amide bonds. The van der Waals surface area contributed by atoms with E-state index in [2.05, 4.69) is 10.0 Å². The highest BCUT2D eigenvalue weighted by Crippen LogP contribution is 2.35. The molecule has 1 aliphatic rings. The van der Waals surface area contributed by atoms with Crippen LogP contribution in [0.2, 0.25) is 0 Å². The van der Waals surface area contributed by atoms with E-state index in [1.54, 1.807) is 60.7 Å². The number of amides is 1. The van der Waals surface area contributed by atoms with Crippen LogP contribution < -0.4 is 14.3 Å². The van der Waals surface area contributed by atoms with Crippen molar-refractivity contribution in [2.24, 2.45) is 0 Å². The van der Waals surface area contributed by atoms with Gasteiger partial charge in [0.05, 0.1) is 35.0 Å². The monoisotopic (exact) mass is 579 g/mol. The van der Waals surface area contributed by atoms with Gasteiger partial charge in [0.15, 0.2) is 0 Å². The molecule has 0 aromatic heterocycles. The number of sulfonamides is 2. The molecule has 1 heterocycles. The van der Waals surface area contributed by atoms with E-state index in [-0.39, 0.29) is 23.7 Å². The number of anilines is 1. The van der Waals surface area contributed by atoms with Gasteiger partial charge in [-0.25, -0.2) is 21.6 Å². The number of carbonyl (C=O) groups is 1. The maximum atomic E-state index is 13.4. The summed E-state index contributed by atoms with van der Waals surface area (Å²) in [6, 6.07) is 24.2. The van der Waals surface area contributed by atoms with Crippen LogP contribution in [0.15, 0.2) is 95.9 Å². The number of benzene rings is 4. The zero-order chi connectivity index (χ0) is 28.5. The Labute approximate surface area is 233 Å². The summed E-state index contributed by atoms with van der Waals surface area (Å²) in [4.78, 5) is 13.4. The average molecular weight is 580 g/mol. The quantitative estimate of drug-likeness (QED) is 0.293. The fourth-order valence-corrected chi connectivity index (χ4v) is 7.50. The zero-order valence-corrected chi connectivity index (χ0v) is 23.3. The van der Waals surface area contributed by atoms with E-state index in [1.165, 1.54) is 13.1 Å². The predicted molar refractivity (Wildman–Crippen MR) is 154 cm³/mol. The van der Waals surface area contributed by atoms with Gasteiger partial charge in [0.25, 0.3) is 0 Å². The van der Waals surface area contributed by atoms with E-state index < -0.39 is 38.0 Å². The molecule has 5 rings (SSSR count). The van der Waals surface area contributed by atoms with Gasteiger partial charge >= 0.3 is 0 Å². The normalized spacial score (nSPS) is 17.2. The van der Waals surface area contributed by atoms with E-state index in [9.17, 15) is 26.7 Å². The first-order valence-electron chi connectivity index (χ1n) is 12.6. The molecule has 2 atom stereocenters. The van der Waals surface area contributed by atoms with E-state index in [0.29, 0.717) is 22.4 Å². The topological polar surface area (TPSA) is 133 Å². The number of aliphatic hydroxyl groups excluding tert-OH is 1. The Bertz CT molecular complexity index is 1780. The van der Waals surface area contributed by atoms with E-state index in [1.807, 2.05) is 24.3 Å². The Morgan fingerprint density at radius 3 is 2.40 bits per heavy atom. The van der Waals surface area contributed by atoms with Crippen LogP contribution in [0, 0.1) is 0 Å². The van der Waals surface area contributed by atoms with Crippen molar-refractivity contribution in [3.63, 3.8) is 0 Å². The molecule has 11 heteroatoms. The summed E-state index contributed by atoms with van der Waals surface area (Å²) in [5.74, 6) is -0.864. The van der Waals surface area contributed by atoms with Crippen LogP contribution >= 0.6 is 0 Å². The second-order valence-corrected chi connectivity index (χ2v) is 13.5. The molecule has 3 N–H and O–H groups in total. The van der Waals surface area contributed by atoms with Crippen molar-refractivity contribution in [3.05, 3.63) is 108 Å². The fourth-order valence-electron chi connectivity index (χ4n) is 4.88.